The molecule has 0 spiro atoms. The van der Waals surface area contributed by atoms with Gasteiger partial charge in [-0.25, -0.2) is 4.68 Å². The Kier molecular flexibility index (Phi) is 2.72. The maximum atomic E-state index is 10.4. The van der Waals surface area contributed by atoms with E-state index in [2.05, 4.69) is 15.5 Å². The summed E-state index contributed by atoms with van der Waals surface area (Å²) < 4.78 is 1.50. The number of rotatable bonds is 4. The molecule has 2 aromatic heterocycles. The van der Waals surface area contributed by atoms with Crippen LogP contribution in [0.3, 0.4) is 0 Å². The number of thiophene rings is 1. The zero-order valence-corrected chi connectivity index (χ0v) is 8.52. The number of hydrogen-bond acceptors (Lipinski definition) is 5. The Morgan fingerprint density at radius 3 is 3.13 bits per heavy atom. The molecule has 0 unspecified atom stereocenters. The van der Waals surface area contributed by atoms with Gasteiger partial charge in [0.15, 0.2) is 5.82 Å². The van der Waals surface area contributed by atoms with Gasteiger partial charge >= 0.3 is 5.97 Å². The van der Waals surface area contributed by atoms with E-state index in [1.165, 1.54) is 4.68 Å². The number of tetrazole rings is 1. The van der Waals surface area contributed by atoms with Crippen molar-refractivity contribution in [1.29, 1.82) is 0 Å². The van der Waals surface area contributed by atoms with E-state index in [-0.39, 0.29) is 13.0 Å². The third kappa shape index (κ3) is 2.18. The minimum absolute atomic E-state index is 0.0160. The van der Waals surface area contributed by atoms with Crippen molar-refractivity contribution < 1.29 is 9.90 Å². The smallest absolute Gasteiger partial charge is 0.305 e. The molecule has 0 bridgehead atoms. The third-order valence-electron chi connectivity index (χ3n) is 1.85. The summed E-state index contributed by atoms with van der Waals surface area (Å²) in [5, 5.41) is 23.5. The van der Waals surface area contributed by atoms with Gasteiger partial charge < -0.3 is 5.11 Å². The lowest BCUT2D eigenvalue weighted by atomic mass is 10.3. The molecule has 78 valence electrons. The summed E-state index contributed by atoms with van der Waals surface area (Å²) in [5.74, 6) is -0.251. The second kappa shape index (κ2) is 4.18. The quantitative estimate of drug-likeness (QED) is 0.833. The first-order valence-corrected chi connectivity index (χ1v) is 5.22. The monoisotopic (exact) mass is 224 g/mol. The molecule has 0 amide bonds. The molecule has 0 atom stereocenters. The Bertz CT molecular complexity index is 451. The van der Waals surface area contributed by atoms with Crippen LogP contribution in [0.25, 0.3) is 11.4 Å². The standard InChI is InChI=1S/C8H8N4O2S/c13-7(14)1-3-12-8(9-10-11-12)6-2-4-15-5-6/h2,4-5H,1,3H2,(H,13,14). The number of aryl methyl sites for hydroxylation is 1. The summed E-state index contributed by atoms with van der Waals surface area (Å²) in [5.41, 5.74) is 0.912. The molecule has 15 heavy (non-hydrogen) atoms. The van der Waals surface area contributed by atoms with Gasteiger partial charge in [0.05, 0.1) is 13.0 Å². The molecule has 0 aromatic carbocycles. The predicted octanol–water partition coefficient (Wildman–Crippen LogP) is 0.876. The Hall–Kier alpha value is -1.76. The predicted molar refractivity (Wildman–Crippen MR) is 53.4 cm³/mol. The Morgan fingerprint density at radius 2 is 2.47 bits per heavy atom. The first-order valence-electron chi connectivity index (χ1n) is 4.28. The van der Waals surface area contributed by atoms with Crippen molar-refractivity contribution in [3.8, 4) is 11.4 Å². The fourth-order valence-electron chi connectivity index (χ4n) is 1.16. The van der Waals surface area contributed by atoms with E-state index in [0.29, 0.717) is 5.82 Å². The van der Waals surface area contributed by atoms with Crippen molar-refractivity contribution in [3.63, 3.8) is 0 Å². The summed E-state index contributed by atoms with van der Waals surface area (Å²) in [4.78, 5) is 10.4. The average molecular weight is 224 g/mol. The largest absolute Gasteiger partial charge is 0.481 e. The summed E-state index contributed by atoms with van der Waals surface area (Å²) >= 11 is 1.55. The molecule has 0 radical (unpaired) electrons. The van der Waals surface area contributed by atoms with Gasteiger partial charge in [-0.15, -0.1) is 5.10 Å². The maximum absolute atomic E-state index is 10.4. The zero-order valence-electron chi connectivity index (χ0n) is 7.70. The van der Waals surface area contributed by atoms with Crippen LogP contribution >= 0.6 is 11.3 Å². The highest BCUT2D eigenvalue weighted by atomic mass is 32.1. The maximum Gasteiger partial charge on any atom is 0.305 e. The van der Waals surface area contributed by atoms with Crippen molar-refractivity contribution in [2.75, 3.05) is 0 Å². The van der Waals surface area contributed by atoms with E-state index in [1.54, 1.807) is 11.3 Å². The molecule has 0 aliphatic carbocycles. The van der Waals surface area contributed by atoms with Gasteiger partial charge in [-0.3, -0.25) is 4.79 Å². The second-order valence-corrected chi connectivity index (χ2v) is 3.66. The fraction of sp³-hybridized carbons (Fsp3) is 0.250. The van der Waals surface area contributed by atoms with Crippen LogP contribution in [-0.2, 0) is 11.3 Å². The average Bonchev–Trinajstić information content (AvgIpc) is 2.85. The molecule has 2 heterocycles. The molecular formula is C8H8N4O2S. The number of hydrogen-bond donors (Lipinski definition) is 1. The van der Waals surface area contributed by atoms with Gasteiger partial charge in [0.2, 0.25) is 0 Å². The number of carbonyl (C=O) groups is 1. The van der Waals surface area contributed by atoms with E-state index in [0.717, 1.165) is 5.56 Å². The lowest BCUT2D eigenvalue weighted by molar-refractivity contribution is -0.137. The molecule has 6 nitrogen and oxygen atoms in total. The molecular weight excluding hydrogens is 216 g/mol. The zero-order chi connectivity index (χ0) is 10.7. The minimum Gasteiger partial charge on any atom is -0.481 e. The Morgan fingerprint density at radius 1 is 1.60 bits per heavy atom. The lowest BCUT2D eigenvalue weighted by Crippen LogP contribution is -2.07. The highest BCUT2D eigenvalue weighted by molar-refractivity contribution is 7.08. The molecule has 0 saturated heterocycles. The van der Waals surface area contributed by atoms with E-state index in [1.807, 2.05) is 16.8 Å². The topological polar surface area (TPSA) is 80.9 Å². The van der Waals surface area contributed by atoms with E-state index < -0.39 is 5.97 Å². The van der Waals surface area contributed by atoms with Crippen molar-refractivity contribution >= 4 is 17.3 Å². The molecule has 2 rings (SSSR count). The molecule has 1 N–H and O–H groups in total. The van der Waals surface area contributed by atoms with Gasteiger partial charge in [-0.1, -0.05) is 0 Å². The number of aliphatic carboxylic acids is 1. The second-order valence-electron chi connectivity index (χ2n) is 2.88. The number of aromatic nitrogens is 4. The SMILES string of the molecule is O=C(O)CCn1nnnc1-c1ccsc1. The molecule has 0 aliphatic heterocycles. The van der Waals surface area contributed by atoms with Crippen LogP contribution in [0.4, 0.5) is 0 Å². The lowest BCUT2D eigenvalue weighted by Gasteiger charge is -1.99. The Balaban J connectivity index is 2.19. The van der Waals surface area contributed by atoms with Gasteiger partial charge in [0.1, 0.15) is 0 Å². The van der Waals surface area contributed by atoms with Gasteiger partial charge in [-0.2, -0.15) is 11.3 Å². The van der Waals surface area contributed by atoms with E-state index in [4.69, 9.17) is 5.11 Å². The molecule has 7 heteroatoms. The van der Waals surface area contributed by atoms with Gasteiger partial charge in [0.25, 0.3) is 0 Å². The van der Waals surface area contributed by atoms with Crippen LogP contribution in [0.1, 0.15) is 6.42 Å². The van der Waals surface area contributed by atoms with Crippen LogP contribution in [0.15, 0.2) is 16.8 Å². The fourth-order valence-corrected chi connectivity index (χ4v) is 1.79. The summed E-state index contributed by atoms with van der Waals surface area (Å²) in [6, 6.07) is 1.90. The minimum atomic E-state index is -0.859. The van der Waals surface area contributed by atoms with Crippen LogP contribution in [0, 0.1) is 0 Å². The van der Waals surface area contributed by atoms with Crippen molar-refractivity contribution in [1.82, 2.24) is 20.2 Å². The highest BCUT2D eigenvalue weighted by Crippen LogP contribution is 2.18. The third-order valence-corrected chi connectivity index (χ3v) is 2.53. The first-order chi connectivity index (χ1) is 7.27. The van der Waals surface area contributed by atoms with Crippen molar-refractivity contribution in [3.05, 3.63) is 16.8 Å². The van der Waals surface area contributed by atoms with Gasteiger partial charge in [0, 0.05) is 10.9 Å². The molecule has 0 saturated carbocycles. The van der Waals surface area contributed by atoms with E-state index >= 15 is 0 Å². The van der Waals surface area contributed by atoms with Crippen LogP contribution in [0.5, 0.6) is 0 Å². The number of carboxylic acid groups (broad SMARTS) is 1. The summed E-state index contributed by atoms with van der Waals surface area (Å²) in [7, 11) is 0. The van der Waals surface area contributed by atoms with Crippen LogP contribution in [-0.4, -0.2) is 31.3 Å². The molecule has 2 aromatic rings. The van der Waals surface area contributed by atoms with Gasteiger partial charge in [-0.05, 0) is 21.9 Å². The van der Waals surface area contributed by atoms with Crippen LogP contribution < -0.4 is 0 Å². The highest BCUT2D eigenvalue weighted by Gasteiger charge is 2.09. The molecule has 0 fully saturated rings. The molecule has 0 aliphatic rings. The first kappa shape index (κ1) is 9.78. The number of carboxylic acids is 1. The normalized spacial score (nSPS) is 10.4. The van der Waals surface area contributed by atoms with E-state index in [9.17, 15) is 4.79 Å². The summed E-state index contributed by atoms with van der Waals surface area (Å²) in [6.07, 6.45) is 0.0160. The summed E-state index contributed by atoms with van der Waals surface area (Å²) in [6.45, 7) is 0.285. The number of nitrogens with zero attached hydrogens (tertiary/aromatic N) is 4. The van der Waals surface area contributed by atoms with Crippen LogP contribution in [0.2, 0.25) is 0 Å². The Labute approximate surface area is 89.2 Å². The van der Waals surface area contributed by atoms with Crippen molar-refractivity contribution in [2.24, 2.45) is 0 Å². The van der Waals surface area contributed by atoms with Crippen molar-refractivity contribution in [2.45, 2.75) is 13.0 Å².